The van der Waals surface area contributed by atoms with Crippen LogP contribution in [-0.4, -0.2) is 25.9 Å². The number of pyridine rings is 1. The molecule has 27 heavy (non-hydrogen) atoms. The van der Waals surface area contributed by atoms with Gasteiger partial charge in [-0.2, -0.15) is 0 Å². The Morgan fingerprint density at radius 1 is 1.11 bits per heavy atom. The number of hydrogen-bond donors (Lipinski definition) is 1. The van der Waals surface area contributed by atoms with Crippen LogP contribution in [0.5, 0.6) is 0 Å². The zero-order chi connectivity index (χ0) is 18.6. The van der Waals surface area contributed by atoms with E-state index in [1.165, 1.54) is 16.0 Å². The molecule has 0 unspecified atom stereocenters. The summed E-state index contributed by atoms with van der Waals surface area (Å²) in [6, 6.07) is 12.6. The number of thiophene rings is 1. The van der Waals surface area contributed by atoms with Crippen LogP contribution in [0, 0.1) is 0 Å². The Morgan fingerprint density at radius 3 is 2.74 bits per heavy atom. The summed E-state index contributed by atoms with van der Waals surface area (Å²) in [4.78, 5) is 28.7. The van der Waals surface area contributed by atoms with Crippen molar-refractivity contribution < 1.29 is 4.79 Å². The summed E-state index contributed by atoms with van der Waals surface area (Å²) in [5, 5.41) is 12.7. The molecule has 1 amide bonds. The van der Waals surface area contributed by atoms with Gasteiger partial charge in [-0.1, -0.05) is 23.4 Å². The van der Waals surface area contributed by atoms with Crippen LogP contribution in [0.1, 0.15) is 21.5 Å². The maximum atomic E-state index is 12.4. The topological polar surface area (TPSA) is 89.8 Å². The highest BCUT2D eigenvalue weighted by atomic mass is 32.1. The number of nitrogens with one attached hydrogen (secondary N) is 1. The van der Waals surface area contributed by atoms with Crippen molar-refractivity contribution in [3.05, 3.63) is 87.3 Å². The molecule has 0 radical (unpaired) electrons. The molecule has 4 aromatic rings. The summed E-state index contributed by atoms with van der Waals surface area (Å²) in [6.45, 7) is 0.720. The first-order valence-electron chi connectivity index (χ1n) is 8.28. The molecule has 0 saturated carbocycles. The van der Waals surface area contributed by atoms with Crippen molar-refractivity contribution >= 4 is 27.5 Å². The van der Waals surface area contributed by atoms with Gasteiger partial charge >= 0.3 is 0 Å². The van der Waals surface area contributed by atoms with Crippen molar-refractivity contribution in [3.63, 3.8) is 0 Å². The second-order valence-corrected chi connectivity index (χ2v) is 6.84. The van der Waals surface area contributed by atoms with E-state index in [0.717, 1.165) is 11.1 Å². The lowest BCUT2D eigenvalue weighted by Crippen LogP contribution is -2.24. The van der Waals surface area contributed by atoms with Gasteiger partial charge in [0, 0.05) is 24.5 Å². The molecule has 0 aliphatic heterocycles. The van der Waals surface area contributed by atoms with Crippen LogP contribution in [0.3, 0.4) is 0 Å². The molecule has 8 heteroatoms. The van der Waals surface area contributed by atoms with Gasteiger partial charge in [0.15, 0.2) is 0 Å². The number of aromatic nitrogens is 4. The third kappa shape index (κ3) is 3.75. The first kappa shape index (κ1) is 17.0. The molecule has 0 fully saturated rings. The fourth-order valence-electron chi connectivity index (χ4n) is 2.63. The Kier molecular flexibility index (Phi) is 4.71. The number of benzene rings is 1. The highest BCUT2D eigenvalue weighted by Gasteiger charge is 2.09. The van der Waals surface area contributed by atoms with Gasteiger partial charge in [0.2, 0.25) is 0 Å². The number of carbonyl (C=O) groups is 1. The van der Waals surface area contributed by atoms with Crippen LogP contribution >= 0.6 is 11.3 Å². The third-order valence-electron chi connectivity index (χ3n) is 4.06. The molecule has 0 atom stereocenters. The number of amides is 1. The average molecular weight is 377 g/mol. The molecule has 0 aliphatic carbocycles. The van der Waals surface area contributed by atoms with Crippen LogP contribution in [0.4, 0.5) is 0 Å². The molecule has 0 aliphatic rings. The number of nitrogens with zero attached hydrogens (tertiary/aromatic N) is 4. The summed E-state index contributed by atoms with van der Waals surface area (Å²) >= 11 is 1.36. The van der Waals surface area contributed by atoms with Crippen LogP contribution < -0.4 is 10.9 Å². The Bertz CT molecular complexity index is 1140. The van der Waals surface area contributed by atoms with E-state index < -0.39 is 0 Å². The minimum absolute atomic E-state index is 0.159. The first-order chi connectivity index (χ1) is 13.2. The van der Waals surface area contributed by atoms with Gasteiger partial charge in [-0.3, -0.25) is 14.6 Å². The predicted octanol–water partition coefficient (Wildman–Crippen LogP) is 2.23. The Hall–Kier alpha value is -3.39. The second kappa shape index (κ2) is 7.46. The summed E-state index contributed by atoms with van der Waals surface area (Å²) < 4.78 is 1.92. The molecule has 0 spiro atoms. The fourth-order valence-corrected chi connectivity index (χ4v) is 3.40. The summed E-state index contributed by atoms with van der Waals surface area (Å²) in [7, 11) is 0. The van der Waals surface area contributed by atoms with E-state index in [1.807, 2.05) is 29.6 Å². The number of carbonyl (C=O) groups excluding carboxylic acids is 1. The predicted molar refractivity (Wildman–Crippen MR) is 103 cm³/mol. The van der Waals surface area contributed by atoms with Gasteiger partial charge in [-0.05, 0) is 40.8 Å². The van der Waals surface area contributed by atoms with E-state index in [1.54, 1.807) is 30.6 Å². The van der Waals surface area contributed by atoms with Crippen molar-refractivity contribution in [2.45, 2.75) is 13.1 Å². The van der Waals surface area contributed by atoms with Crippen LogP contribution in [0.15, 0.2) is 65.0 Å². The van der Waals surface area contributed by atoms with Crippen molar-refractivity contribution in [3.8, 4) is 0 Å². The summed E-state index contributed by atoms with van der Waals surface area (Å²) in [5.74, 6) is -0.164. The van der Waals surface area contributed by atoms with Gasteiger partial charge < -0.3 is 5.32 Å². The minimum Gasteiger partial charge on any atom is -0.348 e. The molecule has 0 saturated heterocycles. The van der Waals surface area contributed by atoms with E-state index in [4.69, 9.17) is 0 Å². The molecule has 3 heterocycles. The second-order valence-electron chi connectivity index (χ2n) is 5.93. The van der Waals surface area contributed by atoms with Crippen molar-refractivity contribution in [2.75, 3.05) is 0 Å². The Morgan fingerprint density at radius 2 is 1.96 bits per heavy atom. The molecule has 134 valence electrons. The van der Waals surface area contributed by atoms with Crippen LogP contribution in [0.25, 0.3) is 10.2 Å². The van der Waals surface area contributed by atoms with E-state index in [9.17, 15) is 9.59 Å². The van der Waals surface area contributed by atoms with Crippen LogP contribution in [0.2, 0.25) is 0 Å². The first-order valence-corrected chi connectivity index (χ1v) is 9.16. The fraction of sp³-hybridized carbons (Fsp3) is 0.105. The summed E-state index contributed by atoms with van der Waals surface area (Å²) in [6.07, 6.45) is 3.41. The van der Waals surface area contributed by atoms with Gasteiger partial charge in [0.25, 0.3) is 11.5 Å². The Labute approximate surface area is 158 Å². The maximum Gasteiger partial charge on any atom is 0.288 e. The molecular formula is C19H15N5O2S. The van der Waals surface area contributed by atoms with Crippen molar-refractivity contribution in [1.29, 1.82) is 0 Å². The molecule has 0 bridgehead atoms. The van der Waals surface area contributed by atoms with Crippen LogP contribution in [-0.2, 0) is 13.1 Å². The van der Waals surface area contributed by atoms with Gasteiger partial charge in [-0.25, -0.2) is 4.68 Å². The molecule has 7 nitrogen and oxygen atoms in total. The number of hydrogen-bond acceptors (Lipinski definition) is 6. The SMILES string of the molecule is O=C(NCc1cccnc1)c1ccc(Cn2nnc3ccsc3c2=O)cc1. The lowest BCUT2D eigenvalue weighted by Gasteiger charge is -2.07. The molecule has 4 rings (SSSR count). The lowest BCUT2D eigenvalue weighted by molar-refractivity contribution is 0.0951. The van der Waals surface area contributed by atoms with Gasteiger partial charge in [-0.15, -0.1) is 16.4 Å². The third-order valence-corrected chi connectivity index (χ3v) is 4.95. The van der Waals surface area contributed by atoms with Crippen molar-refractivity contribution in [1.82, 2.24) is 25.3 Å². The highest BCUT2D eigenvalue weighted by Crippen LogP contribution is 2.13. The maximum absolute atomic E-state index is 12.4. The summed E-state index contributed by atoms with van der Waals surface area (Å²) in [5.41, 5.74) is 2.81. The smallest absolute Gasteiger partial charge is 0.288 e. The monoisotopic (exact) mass is 377 g/mol. The van der Waals surface area contributed by atoms with Gasteiger partial charge in [0.05, 0.1) is 6.54 Å². The van der Waals surface area contributed by atoms with E-state index in [2.05, 4.69) is 20.6 Å². The lowest BCUT2D eigenvalue weighted by atomic mass is 10.1. The molecular weight excluding hydrogens is 362 g/mol. The van der Waals surface area contributed by atoms with Crippen molar-refractivity contribution in [2.24, 2.45) is 0 Å². The van der Waals surface area contributed by atoms with Gasteiger partial charge in [0.1, 0.15) is 10.2 Å². The standard InChI is InChI=1S/C19H15N5O2S/c25-18(21-11-14-2-1-8-20-10-14)15-5-3-13(4-6-15)12-24-19(26)17-16(22-23-24)7-9-27-17/h1-10H,11-12H2,(H,21,25). The Balaban J connectivity index is 1.44. The normalized spacial score (nSPS) is 10.8. The quantitative estimate of drug-likeness (QED) is 0.576. The van der Waals surface area contributed by atoms with E-state index in [0.29, 0.717) is 28.9 Å². The van der Waals surface area contributed by atoms with E-state index in [-0.39, 0.29) is 11.5 Å². The zero-order valence-electron chi connectivity index (χ0n) is 14.2. The highest BCUT2D eigenvalue weighted by molar-refractivity contribution is 7.17. The van der Waals surface area contributed by atoms with E-state index >= 15 is 0 Å². The number of rotatable bonds is 5. The number of fused-ring (bicyclic) bond motifs is 1. The largest absolute Gasteiger partial charge is 0.348 e. The zero-order valence-corrected chi connectivity index (χ0v) is 15.0. The average Bonchev–Trinajstić information content (AvgIpc) is 3.19. The molecule has 3 aromatic heterocycles. The minimum atomic E-state index is -0.164. The molecule has 1 aromatic carbocycles. The molecule has 1 N–H and O–H groups in total.